The summed E-state index contributed by atoms with van der Waals surface area (Å²) in [6.45, 7) is 3.35. The number of morpholine rings is 1. The van der Waals surface area contributed by atoms with E-state index in [2.05, 4.69) is 4.90 Å². The first kappa shape index (κ1) is 22.8. The molecule has 158 valence electrons. The lowest BCUT2D eigenvalue weighted by molar-refractivity contribution is 0.0352. The second-order valence-corrected chi connectivity index (χ2v) is 6.45. The first-order chi connectivity index (χ1) is 13.6. The number of hydrogen-bond acceptors (Lipinski definition) is 6. The van der Waals surface area contributed by atoms with Gasteiger partial charge < -0.3 is 14.6 Å². The topological polar surface area (TPSA) is 103 Å². The fourth-order valence-electron chi connectivity index (χ4n) is 3.02. The van der Waals surface area contributed by atoms with Gasteiger partial charge in [0.1, 0.15) is 12.4 Å². The maximum atomic E-state index is 12.8. The van der Waals surface area contributed by atoms with Crippen molar-refractivity contribution in [2.45, 2.75) is 19.9 Å². The molecule has 1 fully saturated rings. The van der Waals surface area contributed by atoms with Crippen molar-refractivity contribution in [1.82, 2.24) is 14.0 Å². The zero-order chi connectivity index (χ0) is 19.9. The number of aromatic nitrogens is 2. The van der Waals surface area contributed by atoms with Crippen LogP contribution in [0.4, 0.5) is 0 Å². The van der Waals surface area contributed by atoms with Gasteiger partial charge >= 0.3 is 11.7 Å². The molecule has 1 N–H and O–H groups in total. The Morgan fingerprint density at radius 1 is 1.07 bits per heavy atom. The zero-order valence-corrected chi connectivity index (χ0v) is 16.7. The fraction of sp³-hybridized carbons (Fsp3) is 0.421. The van der Waals surface area contributed by atoms with Crippen LogP contribution in [0.5, 0.6) is 0 Å². The minimum atomic E-state index is -1.35. The molecule has 0 aliphatic carbocycles. The van der Waals surface area contributed by atoms with Gasteiger partial charge in [0.25, 0.3) is 5.56 Å². The van der Waals surface area contributed by atoms with Crippen LogP contribution in [0.15, 0.2) is 46.0 Å². The van der Waals surface area contributed by atoms with Crippen LogP contribution >= 0.6 is 12.4 Å². The van der Waals surface area contributed by atoms with Gasteiger partial charge in [-0.1, -0.05) is 30.3 Å². The van der Waals surface area contributed by atoms with Crippen LogP contribution in [0, 0.1) is 0 Å². The van der Waals surface area contributed by atoms with Gasteiger partial charge in [0.2, 0.25) is 0 Å². The van der Waals surface area contributed by atoms with Crippen molar-refractivity contribution in [3.8, 4) is 0 Å². The van der Waals surface area contributed by atoms with Gasteiger partial charge in [0, 0.05) is 32.2 Å². The molecule has 0 amide bonds. The number of ether oxygens (including phenoxy) is 2. The van der Waals surface area contributed by atoms with E-state index in [0.29, 0.717) is 19.8 Å². The van der Waals surface area contributed by atoms with E-state index in [1.165, 1.54) is 0 Å². The Balaban J connectivity index is 0.00000300. The van der Waals surface area contributed by atoms with Crippen molar-refractivity contribution in [3.63, 3.8) is 0 Å². The summed E-state index contributed by atoms with van der Waals surface area (Å²) in [7, 11) is 0. The fourth-order valence-corrected chi connectivity index (χ4v) is 3.02. The summed E-state index contributed by atoms with van der Waals surface area (Å²) in [6, 6.07) is 10.3. The van der Waals surface area contributed by atoms with E-state index >= 15 is 0 Å². The lowest BCUT2D eigenvalue weighted by Crippen LogP contribution is -2.45. The molecule has 0 unspecified atom stereocenters. The molecule has 10 heteroatoms. The summed E-state index contributed by atoms with van der Waals surface area (Å²) < 4.78 is 12.8. The highest BCUT2D eigenvalue weighted by molar-refractivity contribution is 5.85. The van der Waals surface area contributed by atoms with Gasteiger partial charge in [-0.25, -0.2) is 9.59 Å². The molecular weight excluding hydrogens is 402 g/mol. The molecule has 0 atom stereocenters. The third-order valence-electron chi connectivity index (χ3n) is 4.57. The summed E-state index contributed by atoms with van der Waals surface area (Å²) in [5.74, 6) is -1.35. The Hall–Kier alpha value is -2.46. The van der Waals surface area contributed by atoms with E-state index in [4.69, 9.17) is 9.47 Å². The maximum Gasteiger partial charge on any atom is 0.352 e. The van der Waals surface area contributed by atoms with Crippen molar-refractivity contribution in [2.75, 3.05) is 32.8 Å². The van der Waals surface area contributed by atoms with Gasteiger partial charge in [0.15, 0.2) is 0 Å². The maximum absolute atomic E-state index is 12.8. The van der Waals surface area contributed by atoms with E-state index in [-0.39, 0.29) is 38.0 Å². The normalized spacial score (nSPS) is 14.3. The summed E-state index contributed by atoms with van der Waals surface area (Å²) in [4.78, 5) is 38.6. The molecule has 1 saturated heterocycles. The number of hydrogen-bond donors (Lipinski definition) is 1. The van der Waals surface area contributed by atoms with Crippen LogP contribution in [-0.2, 0) is 29.4 Å². The van der Waals surface area contributed by atoms with Gasteiger partial charge in [0.05, 0.1) is 19.8 Å². The lowest BCUT2D eigenvalue weighted by atomic mass is 10.2. The second kappa shape index (κ2) is 10.9. The van der Waals surface area contributed by atoms with Crippen LogP contribution in [-0.4, -0.2) is 58.0 Å². The van der Waals surface area contributed by atoms with Crippen LogP contribution in [0.1, 0.15) is 16.1 Å². The van der Waals surface area contributed by atoms with Crippen LogP contribution in [0.3, 0.4) is 0 Å². The monoisotopic (exact) mass is 425 g/mol. The molecule has 0 spiro atoms. The summed E-state index contributed by atoms with van der Waals surface area (Å²) in [5, 5.41) is 9.37. The highest BCUT2D eigenvalue weighted by Gasteiger charge is 2.18. The Labute approximate surface area is 173 Å². The molecule has 2 aromatic rings. The van der Waals surface area contributed by atoms with Gasteiger partial charge in [-0.15, -0.1) is 12.4 Å². The molecule has 1 aliphatic rings. The number of nitrogens with zero attached hydrogens (tertiary/aromatic N) is 3. The largest absolute Gasteiger partial charge is 0.477 e. The van der Waals surface area contributed by atoms with Gasteiger partial charge in [-0.05, 0) is 5.56 Å². The SMILES string of the molecule is Cl.O=C(O)c1cc(=O)n(CCN2CCOCC2)c(=O)n1COCc1ccccc1. The van der Waals surface area contributed by atoms with E-state index in [1.807, 2.05) is 30.3 Å². The molecule has 0 bridgehead atoms. The Morgan fingerprint density at radius 3 is 2.41 bits per heavy atom. The quantitative estimate of drug-likeness (QED) is 0.661. The van der Waals surface area contributed by atoms with Crippen molar-refractivity contribution < 1.29 is 19.4 Å². The highest BCUT2D eigenvalue weighted by Crippen LogP contribution is 2.03. The molecule has 3 rings (SSSR count). The Kier molecular flexibility index (Phi) is 8.59. The Morgan fingerprint density at radius 2 is 1.76 bits per heavy atom. The van der Waals surface area contributed by atoms with Crippen LogP contribution in [0.25, 0.3) is 0 Å². The number of carboxylic acid groups (broad SMARTS) is 1. The highest BCUT2D eigenvalue weighted by atomic mass is 35.5. The third kappa shape index (κ3) is 6.01. The van der Waals surface area contributed by atoms with Crippen molar-refractivity contribution in [3.05, 3.63) is 68.5 Å². The van der Waals surface area contributed by atoms with Crippen molar-refractivity contribution >= 4 is 18.4 Å². The summed E-state index contributed by atoms with van der Waals surface area (Å²) >= 11 is 0. The molecule has 1 aliphatic heterocycles. The average molecular weight is 426 g/mol. The number of halogens is 1. The first-order valence-electron chi connectivity index (χ1n) is 9.06. The van der Waals surface area contributed by atoms with E-state index in [0.717, 1.165) is 33.9 Å². The number of carboxylic acids is 1. The van der Waals surface area contributed by atoms with Crippen molar-refractivity contribution in [2.24, 2.45) is 0 Å². The molecule has 1 aromatic carbocycles. The zero-order valence-electron chi connectivity index (χ0n) is 15.9. The third-order valence-corrected chi connectivity index (χ3v) is 4.57. The number of rotatable bonds is 8. The average Bonchev–Trinajstić information content (AvgIpc) is 2.70. The standard InChI is InChI=1S/C19H23N3O6.ClH/c23-17-12-16(18(24)25)22(14-28-13-15-4-2-1-3-5-15)19(26)21(17)7-6-20-8-10-27-11-9-20;/h1-5,12H,6-11,13-14H2,(H,24,25);1H. The minimum Gasteiger partial charge on any atom is -0.477 e. The van der Waals surface area contributed by atoms with Crippen molar-refractivity contribution in [1.29, 1.82) is 0 Å². The number of benzene rings is 1. The first-order valence-corrected chi connectivity index (χ1v) is 9.06. The van der Waals surface area contributed by atoms with Crippen LogP contribution in [0.2, 0.25) is 0 Å². The molecule has 0 radical (unpaired) electrons. The molecular formula is C19H24ClN3O6. The predicted molar refractivity (Wildman–Crippen MR) is 108 cm³/mol. The minimum absolute atomic E-state index is 0. The predicted octanol–water partition coefficient (Wildman–Crippen LogP) is 0.637. The molecule has 9 nitrogen and oxygen atoms in total. The summed E-state index contributed by atoms with van der Waals surface area (Å²) in [6.07, 6.45) is 0. The van der Waals surface area contributed by atoms with Gasteiger partial charge in [-0.3, -0.25) is 18.8 Å². The summed E-state index contributed by atoms with van der Waals surface area (Å²) in [5.41, 5.74) is -0.806. The number of aromatic carboxylic acids is 1. The van der Waals surface area contributed by atoms with E-state index in [9.17, 15) is 19.5 Å². The molecule has 0 saturated carbocycles. The smallest absolute Gasteiger partial charge is 0.352 e. The Bertz CT molecular complexity index is 922. The lowest BCUT2D eigenvalue weighted by Gasteiger charge is -2.26. The molecule has 29 heavy (non-hydrogen) atoms. The van der Waals surface area contributed by atoms with E-state index < -0.39 is 17.2 Å². The van der Waals surface area contributed by atoms with E-state index in [1.54, 1.807) is 0 Å². The number of carbonyl (C=O) groups is 1. The van der Waals surface area contributed by atoms with Crippen LogP contribution < -0.4 is 11.2 Å². The molecule has 1 aromatic heterocycles. The molecule has 2 heterocycles. The van der Waals surface area contributed by atoms with Gasteiger partial charge in [-0.2, -0.15) is 0 Å². The second-order valence-electron chi connectivity index (χ2n) is 6.45.